The van der Waals surface area contributed by atoms with Crippen LogP contribution in [-0.4, -0.2) is 25.3 Å². The number of hydrogen-bond donors (Lipinski definition) is 2. The normalized spacial score (nSPS) is 12.0. The van der Waals surface area contributed by atoms with Gasteiger partial charge in [-0.3, -0.25) is 0 Å². The minimum absolute atomic E-state index is 0.257. The van der Waals surface area contributed by atoms with E-state index in [-0.39, 0.29) is 5.75 Å². The predicted octanol–water partition coefficient (Wildman–Crippen LogP) is 6.07. The summed E-state index contributed by atoms with van der Waals surface area (Å²) in [5.41, 5.74) is 5.65. The molecule has 3 rings (SSSR count). The van der Waals surface area contributed by atoms with Crippen LogP contribution >= 0.6 is 22.9 Å². The quantitative estimate of drug-likeness (QED) is 0.440. The molecule has 0 fully saturated rings. The Labute approximate surface area is 175 Å². The maximum atomic E-state index is 9.71. The zero-order chi connectivity index (χ0) is 19.9. The molecule has 0 amide bonds. The number of hydrogen-bond acceptors (Lipinski definition) is 4. The van der Waals surface area contributed by atoms with Crippen molar-refractivity contribution in [2.45, 2.75) is 13.3 Å². The van der Waals surface area contributed by atoms with E-state index in [2.05, 4.69) is 29.8 Å². The van der Waals surface area contributed by atoms with Crippen molar-refractivity contribution in [1.29, 1.82) is 0 Å². The van der Waals surface area contributed by atoms with Crippen molar-refractivity contribution in [2.24, 2.45) is 0 Å². The summed E-state index contributed by atoms with van der Waals surface area (Å²) in [7, 11) is 1.91. The summed E-state index contributed by atoms with van der Waals surface area (Å²) in [5.74, 6) is 1.11. The number of ether oxygens (including phenoxy) is 1. The third-order valence-corrected chi connectivity index (χ3v) is 5.58. The number of halogens is 1. The summed E-state index contributed by atoms with van der Waals surface area (Å²) in [6.07, 6.45) is 0.865. The highest BCUT2D eigenvalue weighted by Gasteiger charge is 2.14. The van der Waals surface area contributed by atoms with Crippen LogP contribution in [0.2, 0.25) is 4.34 Å². The molecule has 5 heteroatoms. The molecule has 28 heavy (non-hydrogen) atoms. The van der Waals surface area contributed by atoms with Crippen molar-refractivity contribution in [3.63, 3.8) is 0 Å². The van der Waals surface area contributed by atoms with E-state index in [1.807, 2.05) is 37.4 Å². The maximum absolute atomic E-state index is 9.71. The van der Waals surface area contributed by atoms with Gasteiger partial charge in [0.05, 0.1) is 4.34 Å². The molecule has 0 radical (unpaired) electrons. The Balaban J connectivity index is 2.06. The Hall–Kier alpha value is -2.27. The van der Waals surface area contributed by atoms with E-state index < -0.39 is 0 Å². The fourth-order valence-electron chi connectivity index (χ4n) is 3.13. The molecule has 0 atom stereocenters. The van der Waals surface area contributed by atoms with E-state index in [9.17, 15) is 5.11 Å². The van der Waals surface area contributed by atoms with Crippen LogP contribution in [0.5, 0.6) is 11.5 Å². The monoisotopic (exact) mass is 413 g/mol. The lowest BCUT2D eigenvalue weighted by atomic mass is 9.89. The lowest BCUT2D eigenvalue weighted by Crippen LogP contribution is -2.15. The first kappa shape index (κ1) is 20.5. The average Bonchev–Trinajstić information content (AvgIpc) is 3.14. The van der Waals surface area contributed by atoms with Crippen molar-refractivity contribution < 1.29 is 9.84 Å². The first-order valence-corrected chi connectivity index (χ1v) is 10.5. The Morgan fingerprint density at radius 1 is 1.04 bits per heavy atom. The molecule has 0 saturated heterocycles. The molecule has 2 aromatic carbocycles. The average molecular weight is 414 g/mol. The number of benzene rings is 2. The smallest absolute Gasteiger partial charge is 0.119 e. The number of phenols is 1. The van der Waals surface area contributed by atoms with E-state index in [0.29, 0.717) is 6.61 Å². The second-order valence-corrected chi connectivity index (χ2v) is 7.91. The number of allylic oxidation sites excluding steroid dienone is 1. The van der Waals surface area contributed by atoms with Crippen LogP contribution in [-0.2, 0) is 0 Å². The second-order valence-electron chi connectivity index (χ2n) is 6.37. The molecule has 0 spiro atoms. The molecular formula is C23H24ClNO2S. The first-order chi connectivity index (χ1) is 13.6. The van der Waals surface area contributed by atoms with E-state index >= 15 is 0 Å². The van der Waals surface area contributed by atoms with Crippen molar-refractivity contribution in [2.75, 3.05) is 20.2 Å². The van der Waals surface area contributed by atoms with E-state index in [4.69, 9.17) is 16.3 Å². The van der Waals surface area contributed by atoms with Crippen molar-refractivity contribution in [1.82, 2.24) is 5.32 Å². The number of nitrogens with one attached hydrogen (secondary N) is 1. The van der Waals surface area contributed by atoms with Crippen LogP contribution in [0.3, 0.4) is 0 Å². The van der Waals surface area contributed by atoms with Crippen LogP contribution in [0, 0.1) is 0 Å². The zero-order valence-corrected chi connectivity index (χ0v) is 17.6. The van der Waals surface area contributed by atoms with E-state index in [0.717, 1.165) is 45.3 Å². The topological polar surface area (TPSA) is 41.5 Å². The van der Waals surface area contributed by atoms with Gasteiger partial charge in [-0.15, -0.1) is 11.3 Å². The predicted molar refractivity (Wildman–Crippen MR) is 120 cm³/mol. The molecule has 0 saturated carbocycles. The van der Waals surface area contributed by atoms with Gasteiger partial charge in [0.1, 0.15) is 18.1 Å². The van der Waals surface area contributed by atoms with Gasteiger partial charge in [-0.2, -0.15) is 0 Å². The summed E-state index contributed by atoms with van der Waals surface area (Å²) in [5, 5.41) is 14.9. The van der Waals surface area contributed by atoms with Gasteiger partial charge < -0.3 is 15.2 Å². The van der Waals surface area contributed by atoms with Gasteiger partial charge in [0, 0.05) is 6.54 Å². The van der Waals surface area contributed by atoms with Gasteiger partial charge in [-0.1, -0.05) is 42.8 Å². The van der Waals surface area contributed by atoms with Gasteiger partial charge in [0.2, 0.25) is 0 Å². The third-order valence-electron chi connectivity index (χ3n) is 4.49. The molecule has 146 valence electrons. The van der Waals surface area contributed by atoms with Crippen molar-refractivity contribution >= 4 is 34.1 Å². The second kappa shape index (κ2) is 9.78. The summed E-state index contributed by atoms with van der Waals surface area (Å²) in [6.45, 7) is 3.58. The molecule has 0 unspecified atom stereocenters. The van der Waals surface area contributed by atoms with Gasteiger partial charge in [-0.05, 0) is 77.0 Å². The van der Waals surface area contributed by atoms with Gasteiger partial charge in [0.25, 0.3) is 0 Å². The lowest BCUT2D eigenvalue weighted by molar-refractivity contribution is 0.318. The summed E-state index contributed by atoms with van der Waals surface area (Å²) in [6, 6.07) is 17.5. The highest BCUT2D eigenvalue weighted by atomic mass is 35.5. The fourth-order valence-corrected chi connectivity index (χ4v) is 4.02. The highest BCUT2D eigenvalue weighted by Crippen LogP contribution is 2.37. The summed E-state index contributed by atoms with van der Waals surface area (Å²) >= 11 is 7.74. The first-order valence-electron chi connectivity index (χ1n) is 9.27. The number of likely N-dealkylation sites (N-methyl/N-ethyl adjacent to an activating group) is 1. The Kier molecular flexibility index (Phi) is 7.15. The molecule has 2 N–H and O–H groups in total. The molecule has 0 bridgehead atoms. The molecule has 1 heterocycles. The van der Waals surface area contributed by atoms with Crippen LogP contribution in [0.25, 0.3) is 11.1 Å². The fraction of sp³-hybridized carbons (Fsp3) is 0.217. The van der Waals surface area contributed by atoms with Gasteiger partial charge in [0.15, 0.2) is 0 Å². The van der Waals surface area contributed by atoms with Gasteiger partial charge >= 0.3 is 0 Å². The van der Waals surface area contributed by atoms with Gasteiger partial charge in [-0.25, -0.2) is 0 Å². The van der Waals surface area contributed by atoms with Crippen LogP contribution in [0.15, 0.2) is 60.0 Å². The molecule has 1 aromatic heterocycles. The lowest BCUT2D eigenvalue weighted by Gasteiger charge is -2.16. The SMILES string of the molecule is CC/C(=C(/c1ccc(O)cc1)c1ccc(OCCNC)cc1)c1csc(Cl)c1. The molecule has 0 aliphatic rings. The van der Waals surface area contributed by atoms with Crippen LogP contribution in [0.1, 0.15) is 30.0 Å². The van der Waals surface area contributed by atoms with E-state index in [1.165, 1.54) is 16.9 Å². The summed E-state index contributed by atoms with van der Waals surface area (Å²) in [4.78, 5) is 0. The maximum Gasteiger partial charge on any atom is 0.119 e. The standard InChI is InChI=1S/C23H24ClNO2S/c1-3-21(18-14-22(24)28-15-18)23(16-4-8-19(26)9-5-16)17-6-10-20(11-7-17)27-13-12-25-2/h4-11,14-15,25-26H,3,12-13H2,1-2H3/b23-21+. The number of thiophene rings is 1. The zero-order valence-electron chi connectivity index (χ0n) is 16.0. The number of rotatable bonds is 8. The van der Waals surface area contributed by atoms with Crippen LogP contribution in [0.4, 0.5) is 0 Å². The number of aromatic hydroxyl groups is 1. The van der Waals surface area contributed by atoms with Crippen molar-refractivity contribution in [3.05, 3.63) is 81.0 Å². The largest absolute Gasteiger partial charge is 0.508 e. The molecule has 3 aromatic rings. The highest BCUT2D eigenvalue weighted by molar-refractivity contribution is 7.14. The molecule has 0 aliphatic heterocycles. The Morgan fingerprint density at radius 3 is 2.21 bits per heavy atom. The Morgan fingerprint density at radius 2 is 1.68 bits per heavy atom. The number of phenolic OH excluding ortho intramolecular Hbond substituents is 1. The Bertz CT molecular complexity index is 930. The molecular weight excluding hydrogens is 390 g/mol. The van der Waals surface area contributed by atoms with E-state index in [1.54, 1.807) is 12.1 Å². The molecule has 0 aliphatic carbocycles. The van der Waals surface area contributed by atoms with Crippen LogP contribution < -0.4 is 10.1 Å². The minimum atomic E-state index is 0.257. The summed E-state index contributed by atoms with van der Waals surface area (Å²) < 4.78 is 6.53. The molecule has 3 nitrogen and oxygen atoms in total. The van der Waals surface area contributed by atoms with Crippen molar-refractivity contribution in [3.8, 4) is 11.5 Å². The minimum Gasteiger partial charge on any atom is -0.508 e. The third kappa shape index (κ3) is 4.96.